The fourth-order valence-corrected chi connectivity index (χ4v) is 4.37. The topological polar surface area (TPSA) is 82.6 Å². The van der Waals surface area contributed by atoms with E-state index in [-0.39, 0.29) is 6.10 Å². The second kappa shape index (κ2) is 8.84. The molecule has 5 heterocycles. The van der Waals surface area contributed by atoms with Gasteiger partial charge in [0.1, 0.15) is 11.6 Å². The third kappa shape index (κ3) is 4.10. The highest BCUT2D eigenvalue weighted by atomic mass is 16.5. The Labute approximate surface area is 202 Å². The summed E-state index contributed by atoms with van der Waals surface area (Å²) in [5, 5.41) is 9.71. The van der Waals surface area contributed by atoms with Crippen LogP contribution in [-0.4, -0.2) is 62.3 Å². The molecule has 1 aliphatic rings. The Morgan fingerprint density at radius 3 is 2.69 bits per heavy atom. The molecule has 1 aliphatic heterocycles. The predicted molar refractivity (Wildman–Crippen MR) is 133 cm³/mol. The molecule has 1 saturated heterocycles. The fourth-order valence-electron chi connectivity index (χ4n) is 4.37. The van der Waals surface area contributed by atoms with Gasteiger partial charge in [-0.15, -0.1) is 0 Å². The molecule has 0 spiro atoms. The van der Waals surface area contributed by atoms with Crippen molar-refractivity contribution in [2.24, 2.45) is 0 Å². The second-order valence-electron chi connectivity index (χ2n) is 8.51. The zero-order valence-electron chi connectivity index (χ0n) is 19.6. The fraction of sp³-hybridized carbons (Fsp3) is 0.231. The highest BCUT2D eigenvalue weighted by Crippen LogP contribution is 2.27. The number of methoxy groups -OCH3 is 1. The Hall–Kier alpha value is -4.24. The van der Waals surface area contributed by atoms with Crippen LogP contribution in [0.1, 0.15) is 6.92 Å². The van der Waals surface area contributed by atoms with Gasteiger partial charge in [0.05, 0.1) is 31.2 Å². The molecule has 0 amide bonds. The quantitative estimate of drug-likeness (QED) is 0.388. The summed E-state index contributed by atoms with van der Waals surface area (Å²) < 4.78 is 14.9. The maximum Gasteiger partial charge on any atom is 0.160 e. The Morgan fingerprint density at radius 1 is 0.971 bits per heavy atom. The van der Waals surface area contributed by atoms with Crippen LogP contribution in [0.4, 0.5) is 5.82 Å². The van der Waals surface area contributed by atoms with Gasteiger partial charge < -0.3 is 14.4 Å². The molecule has 1 fully saturated rings. The maximum atomic E-state index is 5.78. The first-order valence-corrected chi connectivity index (χ1v) is 11.6. The summed E-state index contributed by atoms with van der Waals surface area (Å²) in [6.45, 7) is 4.31. The number of anilines is 1. The van der Waals surface area contributed by atoms with Crippen LogP contribution in [0.15, 0.2) is 73.2 Å². The molecule has 35 heavy (non-hydrogen) atoms. The molecule has 6 rings (SSSR count). The van der Waals surface area contributed by atoms with Crippen molar-refractivity contribution in [3.8, 4) is 34.1 Å². The second-order valence-corrected chi connectivity index (χ2v) is 8.51. The number of ether oxygens (including phenoxy) is 2. The molecule has 0 N–H and O–H groups in total. The van der Waals surface area contributed by atoms with Gasteiger partial charge in [-0.1, -0.05) is 12.1 Å². The van der Waals surface area contributed by atoms with Gasteiger partial charge in [0.25, 0.3) is 0 Å². The number of hydrogen-bond donors (Lipinski definition) is 0. The average Bonchev–Trinajstić information content (AvgIpc) is 3.56. The lowest BCUT2D eigenvalue weighted by Gasteiger charge is -2.32. The third-order valence-corrected chi connectivity index (χ3v) is 6.13. The first kappa shape index (κ1) is 21.3. The minimum absolute atomic E-state index is 0.134. The molecule has 1 atom stereocenters. The molecule has 0 radical (unpaired) electrons. The molecule has 9 nitrogen and oxygen atoms in total. The van der Waals surface area contributed by atoms with Gasteiger partial charge in [0, 0.05) is 54.9 Å². The first-order valence-electron chi connectivity index (χ1n) is 11.6. The van der Waals surface area contributed by atoms with Crippen LogP contribution in [-0.2, 0) is 4.74 Å². The molecular weight excluding hydrogens is 442 g/mol. The van der Waals surface area contributed by atoms with Gasteiger partial charge in [-0.25, -0.2) is 9.67 Å². The largest absolute Gasteiger partial charge is 0.497 e. The van der Waals surface area contributed by atoms with Crippen molar-refractivity contribution < 1.29 is 9.47 Å². The monoisotopic (exact) mass is 467 g/mol. The molecule has 176 valence electrons. The normalized spacial score (nSPS) is 16.1. The van der Waals surface area contributed by atoms with E-state index in [1.165, 1.54) is 0 Å². The van der Waals surface area contributed by atoms with E-state index >= 15 is 0 Å². The molecule has 9 heteroatoms. The van der Waals surface area contributed by atoms with E-state index < -0.39 is 0 Å². The van der Waals surface area contributed by atoms with E-state index in [0.29, 0.717) is 6.61 Å². The van der Waals surface area contributed by atoms with E-state index in [1.54, 1.807) is 24.2 Å². The summed E-state index contributed by atoms with van der Waals surface area (Å²) in [6, 6.07) is 17.8. The first-order chi connectivity index (χ1) is 17.2. The lowest BCUT2D eigenvalue weighted by molar-refractivity contribution is 0.0528. The van der Waals surface area contributed by atoms with Crippen molar-refractivity contribution in [2.45, 2.75) is 13.0 Å². The van der Waals surface area contributed by atoms with E-state index in [0.717, 1.165) is 58.6 Å². The smallest absolute Gasteiger partial charge is 0.160 e. The van der Waals surface area contributed by atoms with Gasteiger partial charge in [-0.3, -0.25) is 4.98 Å². The maximum absolute atomic E-state index is 5.78. The molecule has 0 unspecified atom stereocenters. The Kier molecular flexibility index (Phi) is 5.38. The van der Waals surface area contributed by atoms with E-state index in [2.05, 4.69) is 16.8 Å². The zero-order valence-corrected chi connectivity index (χ0v) is 19.6. The molecular formula is C26H25N7O2. The van der Waals surface area contributed by atoms with Crippen LogP contribution in [0, 0.1) is 0 Å². The van der Waals surface area contributed by atoms with E-state index in [9.17, 15) is 0 Å². The van der Waals surface area contributed by atoms with Crippen molar-refractivity contribution in [1.82, 2.24) is 29.4 Å². The summed E-state index contributed by atoms with van der Waals surface area (Å²) in [5.74, 6) is 2.48. The minimum Gasteiger partial charge on any atom is -0.497 e. The summed E-state index contributed by atoms with van der Waals surface area (Å²) in [7, 11) is 1.66. The van der Waals surface area contributed by atoms with Crippen LogP contribution in [0.2, 0.25) is 0 Å². The number of pyridine rings is 1. The lowest BCUT2D eigenvalue weighted by atomic mass is 10.1. The van der Waals surface area contributed by atoms with Crippen LogP contribution in [0.25, 0.3) is 34.0 Å². The molecule has 0 bridgehead atoms. The number of aromatic nitrogens is 6. The van der Waals surface area contributed by atoms with Crippen molar-refractivity contribution in [3.05, 3.63) is 73.2 Å². The summed E-state index contributed by atoms with van der Waals surface area (Å²) in [4.78, 5) is 11.3. The van der Waals surface area contributed by atoms with Gasteiger partial charge in [-0.2, -0.15) is 14.7 Å². The van der Waals surface area contributed by atoms with Crippen LogP contribution in [0.3, 0.4) is 0 Å². The number of benzene rings is 1. The zero-order chi connectivity index (χ0) is 23.8. The molecule has 1 aromatic carbocycles. The summed E-state index contributed by atoms with van der Waals surface area (Å²) in [6.07, 6.45) is 5.61. The Balaban J connectivity index is 1.46. The van der Waals surface area contributed by atoms with Gasteiger partial charge in [0.15, 0.2) is 11.5 Å². The molecule has 5 aromatic rings. The number of morpholine rings is 1. The van der Waals surface area contributed by atoms with E-state index in [4.69, 9.17) is 24.7 Å². The van der Waals surface area contributed by atoms with Crippen LogP contribution in [0.5, 0.6) is 5.75 Å². The SMILES string of the molecule is COc1cccc(-c2ccn(-c3cc(N4CCO[C@@H](C)C4)n4nc(-c5ccncc5)cc4n3)n2)c1. The van der Waals surface area contributed by atoms with Gasteiger partial charge >= 0.3 is 0 Å². The van der Waals surface area contributed by atoms with Crippen molar-refractivity contribution in [2.75, 3.05) is 31.7 Å². The molecule has 0 saturated carbocycles. The standard InChI is InChI=1S/C26H25N7O2/c1-18-17-31(12-13-35-18)26-16-24(28-25-15-23(30-33(25)26)19-6-9-27-10-7-19)32-11-8-22(29-32)20-4-3-5-21(14-20)34-2/h3-11,14-16,18H,12-13,17H2,1-2H3/t18-/m0/s1. The predicted octanol–water partition coefficient (Wildman–Crippen LogP) is 3.88. The average molecular weight is 468 g/mol. The third-order valence-electron chi connectivity index (χ3n) is 6.13. The highest BCUT2D eigenvalue weighted by molar-refractivity contribution is 5.67. The van der Waals surface area contributed by atoms with Gasteiger partial charge in [0.2, 0.25) is 0 Å². The van der Waals surface area contributed by atoms with Gasteiger partial charge in [-0.05, 0) is 37.3 Å². The summed E-state index contributed by atoms with van der Waals surface area (Å²) >= 11 is 0. The van der Waals surface area contributed by atoms with Crippen molar-refractivity contribution in [3.63, 3.8) is 0 Å². The summed E-state index contributed by atoms with van der Waals surface area (Å²) in [5.41, 5.74) is 4.42. The highest BCUT2D eigenvalue weighted by Gasteiger charge is 2.22. The number of hydrogen-bond acceptors (Lipinski definition) is 7. The van der Waals surface area contributed by atoms with Crippen LogP contribution < -0.4 is 9.64 Å². The molecule has 0 aliphatic carbocycles. The van der Waals surface area contributed by atoms with E-state index in [1.807, 2.05) is 65.3 Å². The number of rotatable bonds is 5. The Bertz CT molecular complexity index is 1480. The Morgan fingerprint density at radius 2 is 1.86 bits per heavy atom. The number of nitrogens with zero attached hydrogens (tertiary/aromatic N) is 7. The van der Waals surface area contributed by atoms with Crippen molar-refractivity contribution >= 4 is 11.5 Å². The molecule has 4 aromatic heterocycles. The van der Waals surface area contributed by atoms with Crippen LogP contribution >= 0.6 is 0 Å². The van der Waals surface area contributed by atoms with Crippen molar-refractivity contribution in [1.29, 1.82) is 0 Å². The lowest BCUT2D eigenvalue weighted by Crippen LogP contribution is -2.42. The minimum atomic E-state index is 0.134. The number of fused-ring (bicyclic) bond motifs is 1.